The van der Waals surface area contributed by atoms with E-state index in [1.165, 1.54) is 61.1 Å². The largest absolute Gasteiger partial charge is 0.251 e. The molecule has 0 radical (unpaired) electrons. The van der Waals surface area contributed by atoms with E-state index in [0.717, 1.165) is 82.0 Å². The minimum absolute atomic E-state index is 0. The smallest absolute Gasteiger partial charge is 0.0665 e. The Kier molecular flexibility index (Phi) is 23.0. The zero-order valence-electron chi connectivity index (χ0n) is 27.2. The standard InChI is InChI=1S/C39H58N2.Pd/c1-5-9-13-15-17-20-26-34-28-22-24-31-36(34)40-38(30-12-8-4)39(33-19-11-7-3)41-37-32-25-23-29-35(37)27-21-18-16-14-10-6-2;/h13-16,22-25,28-29,31-32H,5-12,17-21,26-27,30,33H2,1-4H3;/b15-13+,16-14+,40-38?,41-39?;. The molecule has 42 heavy (non-hydrogen) atoms. The second-order valence-electron chi connectivity index (χ2n) is 11.2. The summed E-state index contributed by atoms with van der Waals surface area (Å²) >= 11 is 0. The maximum atomic E-state index is 5.40. The van der Waals surface area contributed by atoms with Crippen molar-refractivity contribution >= 4 is 22.8 Å². The van der Waals surface area contributed by atoms with Gasteiger partial charge in [0.2, 0.25) is 0 Å². The number of aryl methyl sites for hydroxylation is 2. The predicted molar refractivity (Wildman–Crippen MR) is 185 cm³/mol. The molecule has 0 aromatic heterocycles. The molecule has 0 atom stereocenters. The molecule has 0 bridgehead atoms. The van der Waals surface area contributed by atoms with Gasteiger partial charge in [-0.25, -0.2) is 0 Å². The molecule has 234 valence electrons. The van der Waals surface area contributed by atoms with Gasteiger partial charge >= 0.3 is 0 Å². The summed E-state index contributed by atoms with van der Waals surface area (Å²) in [6.07, 6.45) is 28.8. The van der Waals surface area contributed by atoms with E-state index in [1.54, 1.807) is 0 Å². The van der Waals surface area contributed by atoms with Crippen LogP contribution in [0.15, 0.2) is 82.8 Å². The molecule has 0 heterocycles. The second-order valence-corrected chi connectivity index (χ2v) is 11.2. The quantitative estimate of drug-likeness (QED) is 0.0519. The van der Waals surface area contributed by atoms with E-state index >= 15 is 0 Å². The first-order valence-corrected chi connectivity index (χ1v) is 16.8. The van der Waals surface area contributed by atoms with Crippen LogP contribution < -0.4 is 0 Å². The minimum Gasteiger partial charge on any atom is -0.251 e. The van der Waals surface area contributed by atoms with Gasteiger partial charge in [-0.05, 0) is 100 Å². The molecule has 2 aromatic carbocycles. The first kappa shape index (κ1) is 37.9. The van der Waals surface area contributed by atoms with Crippen molar-refractivity contribution in [3.05, 3.63) is 84.0 Å². The average molecular weight is 661 g/mol. The van der Waals surface area contributed by atoms with E-state index in [0.29, 0.717) is 0 Å². The Morgan fingerprint density at radius 2 is 0.929 bits per heavy atom. The second kappa shape index (κ2) is 25.4. The van der Waals surface area contributed by atoms with Gasteiger partial charge in [0, 0.05) is 20.4 Å². The van der Waals surface area contributed by atoms with Crippen molar-refractivity contribution in [3.8, 4) is 0 Å². The Balaban J connectivity index is 0.00000882. The molecular weight excluding hydrogens is 603 g/mol. The fraction of sp³-hybridized carbons (Fsp3) is 0.538. The number of unbranched alkanes of at least 4 members (excludes halogenated alkanes) is 7. The molecule has 0 spiro atoms. The van der Waals surface area contributed by atoms with Gasteiger partial charge in [0.25, 0.3) is 0 Å². The molecule has 2 rings (SSSR count). The molecule has 2 nitrogen and oxygen atoms in total. The summed E-state index contributed by atoms with van der Waals surface area (Å²) < 4.78 is 0. The molecule has 0 amide bonds. The van der Waals surface area contributed by atoms with Crippen molar-refractivity contribution < 1.29 is 20.4 Å². The van der Waals surface area contributed by atoms with Gasteiger partial charge in [-0.2, -0.15) is 0 Å². The summed E-state index contributed by atoms with van der Waals surface area (Å²) in [5, 5.41) is 0. The molecule has 0 N–H and O–H groups in total. The Labute approximate surface area is 273 Å². The van der Waals surface area contributed by atoms with Crippen LogP contribution in [0.5, 0.6) is 0 Å². The number of hydrogen-bond acceptors (Lipinski definition) is 2. The van der Waals surface area contributed by atoms with Crippen LogP contribution in [-0.4, -0.2) is 11.4 Å². The molecule has 0 aliphatic rings. The Morgan fingerprint density at radius 1 is 0.500 bits per heavy atom. The van der Waals surface area contributed by atoms with E-state index in [-0.39, 0.29) is 20.4 Å². The van der Waals surface area contributed by atoms with Crippen LogP contribution in [0.3, 0.4) is 0 Å². The topological polar surface area (TPSA) is 24.7 Å². The third kappa shape index (κ3) is 16.0. The van der Waals surface area contributed by atoms with Gasteiger partial charge < -0.3 is 0 Å². The number of benzene rings is 2. The van der Waals surface area contributed by atoms with Crippen LogP contribution >= 0.6 is 0 Å². The first-order chi connectivity index (χ1) is 20.2. The summed E-state index contributed by atoms with van der Waals surface area (Å²) in [4.78, 5) is 10.8. The number of para-hydroxylation sites is 2. The van der Waals surface area contributed by atoms with Crippen molar-refractivity contribution in [1.82, 2.24) is 0 Å². The predicted octanol–water partition coefficient (Wildman–Crippen LogP) is 12.7. The Hall–Kier alpha value is -2.08. The van der Waals surface area contributed by atoms with Crippen LogP contribution in [0.4, 0.5) is 11.4 Å². The van der Waals surface area contributed by atoms with E-state index in [1.807, 2.05) is 0 Å². The maximum Gasteiger partial charge on any atom is 0.0665 e. The summed E-state index contributed by atoms with van der Waals surface area (Å²) in [6, 6.07) is 17.6. The van der Waals surface area contributed by atoms with Crippen LogP contribution in [0, 0.1) is 0 Å². The molecule has 0 saturated carbocycles. The van der Waals surface area contributed by atoms with Gasteiger partial charge in [0.15, 0.2) is 0 Å². The van der Waals surface area contributed by atoms with Crippen LogP contribution in [0.25, 0.3) is 0 Å². The number of rotatable bonds is 22. The fourth-order valence-corrected chi connectivity index (χ4v) is 4.99. The average Bonchev–Trinajstić information content (AvgIpc) is 2.99. The number of nitrogens with zero attached hydrogens (tertiary/aromatic N) is 2. The Bertz CT molecular complexity index is 1080. The summed E-state index contributed by atoms with van der Waals surface area (Å²) in [7, 11) is 0. The molecule has 0 unspecified atom stereocenters. The van der Waals surface area contributed by atoms with E-state index < -0.39 is 0 Å². The molecule has 0 saturated heterocycles. The van der Waals surface area contributed by atoms with Crippen LogP contribution in [0.2, 0.25) is 0 Å². The van der Waals surface area contributed by atoms with E-state index in [9.17, 15) is 0 Å². The summed E-state index contributed by atoms with van der Waals surface area (Å²) in [5.74, 6) is 0. The van der Waals surface area contributed by atoms with Crippen molar-refractivity contribution in [2.24, 2.45) is 9.98 Å². The monoisotopic (exact) mass is 660 g/mol. The zero-order valence-corrected chi connectivity index (χ0v) is 28.7. The van der Waals surface area contributed by atoms with Crippen LogP contribution in [0.1, 0.15) is 135 Å². The van der Waals surface area contributed by atoms with Crippen molar-refractivity contribution in [1.29, 1.82) is 0 Å². The molecule has 0 aliphatic carbocycles. The van der Waals surface area contributed by atoms with Gasteiger partial charge in [-0.1, -0.05) is 121 Å². The molecule has 0 aliphatic heterocycles. The number of allylic oxidation sites excluding steroid dienone is 4. The number of hydrogen-bond donors (Lipinski definition) is 0. The van der Waals surface area contributed by atoms with Gasteiger partial charge in [-0.15, -0.1) is 0 Å². The van der Waals surface area contributed by atoms with Gasteiger partial charge in [0.05, 0.1) is 22.8 Å². The van der Waals surface area contributed by atoms with Crippen molar-refractivity contribution in [2.75, 3.05) is 0 Å². The van der Waals surface area contributed by atoms with Crippen molar-refractivity contribution in [3.63, 3.8) is 0 Å². The normalized spacial score (nSPS) is 12.4. The zero-order chi connectivity index (χ0) is 29.4. The van der Waals surface area contributed by atoms with Crippen LogP contribution in [-0.2, 0) is 33.3 Å². The third-order valence-corrected chi connectivity index (χ3v) is 7.49. The molecule has 2 aromatic rings. The van der Waals surface area contributed by atoms with E-state index in [2.05, 4.69) is 101 Å². The van der Waals surface area contributed by atoms with E-state index in [4.69, 9.17) is 9.98 Å². The van der Waals surface area contributed by atoms with Gasteiger partial charge in [0.1, 0.15) is 0 Å². The summed E-state index contributed by atoms with van der Waals surface area (Å²) in [5.41, 5.74) is 7.36. The molecule has 0 fully saturated rings. The molecular formula is C39H58N2Pd. The number of aliphatic imine (C=N–C) groups is 2. The maximum absolute atomic E-state index is 5.40. The third-order valence-electron chi connectivity index (χ3n) is 7.49. The minimum atomic E-state index is 0. The van der Waals surface area contributed by atoms with Gasteiger partial charge in [-0.3, -0.25) is 9.98 Å². The molecule has 3 heteroatoms. The Morgan fingerprint density at radius 3 is 1.38 bits per heavy atom. The SMILES string of the molecule is CCC/C=C/CCCc1ccccc1N=C(CCCC)C(CCCCC)=Nc1ccccc1CCC/C=C/CCC.[Pd]. The summed E-state index contributed by atoms with van der Waals surface area (Å²) in [6.45, 7) is 9.03. The van der Waals surface area contributed by atoms with Crippen molar-refractivity contribution in [2.45, 2.75) is 137 Å². The fourth-order valence-electron chi connectivity index (χ4n) is 4.99. The first-order valence-electron chi connectivity index (χ1n) is 16.8.